The van der Waals surface area contributed by atoms with Crippen LogP contribution in [0.3, 0.4) is 0 Å². The van der Waals surface area contributed by atoms with Gasteiger partial charge in [-0.05, 0) is 79.8 Å². The van der Waals surface area contributed by atoms with Crippen LogP contribution in [0.15, 0.2) is 40.8 Å². The number of hydrogen-bond acceptors (Lipinski definition) is 3. The largest absolute Gasteiger partial charge is 0.465 e. The molecule has 1 heterocycles. The Morgan fingerprint density at radius 1 is 1.14 bits per heavy atom. The summed E-state index contributed by atoms with van der Waals surface area (Å²) in [5, 5.41) is 6.13. The summed E-state index contributed by atoms with van der Waals surface area (Å²) in [6.45, 7) is 5.73. The van der Waals surface area contributed by atoms with Gasteiger partial charge in [-0.2, -0.15) is 0 Å². The number of furan rings is 1. The highest BCUT2D eigenvalue weighted by Gasteiger charge is 2.18. The molecule has 1 aromatic heterocycles. The Balaban J connectivity index is 1.91. The zero-order valence-corrected chi connectivity index (χ0v) is 14.5. The van der Waals surface area contributed by atoms with Crippen LogP contribution in [-0.2, 0) is 4.79 Å². The highest BCUT2D eigenvalue weighted by atomic mass is 127. The summed E-state index contributed by atoms with van der Waals surface area (Å²) in [6.07, 6.45) is 0. The van der Waals surface area contributed by atoms with Crippen LogP contribution in [0.25, 0.3) is 0 Å². The molecule has 0 fully saturated rings. The van der Waals surface area contributed by atoms with E-state index in [1.54, 1.807) is 0 Å². The van der Waals surface area contributed by atoms with E-state index in [2.05, 4.69) is 33.2 Å². The van der Waals surface area contributed by atoms with Gasteiger partial charge in [-0.15, -0.1) is 0 Å². The van der Waals surface area contributed by atoms with E-state index in [9.17, 15) is 4.79 Å². The number of rotatable bonds is 5. The molecule has 2 N–H and O–H groups in total. The van der Waals surface area contributed by atoms with E-state index in [-0.39, 0.29) is 18.0 Å². The van der Waals surface area contributed by atoms with Gasteiger partial charge < -0.3 is 9.73 Å². The van der Waals surface area contributed by atoms with E-state index in [4.69, 9.17) is 4.42 Å². The molecule has 0 aliphatic rings. The number of carbonyl (C=O) groups is 1. The summed E-state index contributed by atoms with van der Waals surface area (Å²) in [4.78, 5) is 12.2. The molecule has 2 unspecified atom stereocenters. The summed E-state index contributed by atoms with van der Waals surface area (Å²) < 4.78 is 6.70. The minimum absolute atomic E-state index is 0.0174. The summed E-state index contributed by atoms with van der Waals surface area (Å²) in [5.74, 6) is 1.64. The minimum Gasteiger partial charge on any atom is -0.465 e. The first kappa shape index (κ1) is 16.0. The first-order valence-electron chi connectivity index (χ1n) is 6.84. The van der Waals surface area contributed by atoms with Crippen LogP contribution in [0.2, 0.25) is 0 Å². The molecule has 2 rings (SSSR count). The number of hydrogen-bond donors (Lipinski definition) is 2. The van der Waals surface area contributed by atoms with Crippen molar-refractivity contribution >= 4 is 34.2 Å². The zero-order valence-electron chi connectivity index (χ0n) is 12.3. The van der Waals surface area contributed by atoms with Crippen molar-refractivity contribution in [3.8, 4) is 0 Å². The van der Waals surface area contributed by atoms with Crippen LogP contribution in [0.1, 0.15) is 31.4 Å². The molecular formula is C16H19IN2O2. The normalized spacial score (nSPS) is 13.7. The van der Waals surface area contributed by atoms with E-state index in [1.165, 1.54) is 0 Å². The average Bonchev–Trinajstić information content (AvgIpc) is 2.88. The molecule has 0 saturated heterocycles. The maximum absolute atomic E-state index is 12.2. The Kier molecular flexibility index (Phi) is 5.41. The fraction of sp³-hybridized carbons (Fsp3) is 0.312. The van der Waals surface area contributed by atoms with Crippen molar-refractivity contribution in [1.82, 2.24) is 5.32 Å². The van der Waals surface area contributed by atoms with Gasteiger partial charge in [0.1, 0.15) is 11.5 Å². The molecule has 0 radical (unpaired) electrons. The Morgan fingerprint density at radius 3 is 2.38 bits per heavy atom. The lowest BCUT2D eigenvalue weighted by Crippen LogP contribution is -2.39. The van der Waals surface area contributed by atoms with Crippen molar-refractivity contribution in [3.05, 3.63) is 51.5 Å². The Labute approximate surface area is 138 Å². The number of carbonyl (C=O) groups excluding carboxylic acids is 1. The quantitative estimate of drug-likeness (QED) is 0.752. The molecule has 0 spiro atoms. The SMILES string of the molecule is Cc1ccc(C(C)NC(C)C(=O)Nc2ccc(I)cc2)o1. The van der Waals surface area contributed by atoms with Crippen LogP contribution in [0, 0.1) is 10.5 Å². The fourth-order valence-corrected chi connectivity index (χ4v) is 2.36. The summed E-state index contributed by atoms with van der Waals surface area (Å²) in [6, 6.07) is 11.2. The number of nitrogens with one attached hydrogen (secondary N) is 2. The van der Waals surface area contributed by atoms with Gasteiger partial charge in [-0.1, -0.05) is 0 Å². The van der Waals surface area contributed by atoms with E-state index in [0.717, 1.165) is 20.8 Å². The maximum atomic E-state index is 12.2. The third-order valence-electron chi connectivity index (χ3n) is 3.19. The van der Waals surface area contributed by atoms with Gasteiger partial charge in [0.05, 0.1) is 12.1 Å². The third-order valence-corrected chi connectivity index (χ3v) is 3.91. The van der Waals surface area contributed by atoms with Crippen molar-refractivity contribution < 1.29 is 9.21 Å². The number of amides is 1. The Bertz CT molecular complexity index is 607. The number of benzene rings is 1. The fourth-order valence-electron chi connectivity index (χ4n) is 2.00. The molecule has 112 valence electrons. The second-order valence-electron chi connectivity index (χ2n) is 5.05. The number of aryl methyl sites for hydroxylation is 1. The molecule has 0 saturated carbocycles. The second kappa shape index (κ2) is 7.09. The van der Waals surface area contributed by atoms with E-state index >= 15 is 0 Å². The molecular weight excluding hydrogens is 379 g/mol. The smallest absolute Gasteiger partial charge is 0.241 e. The average molecular weight is 398 g/mol. The first-order valence-corrected chi connectivity index (χ1v) is 7.92. The molecule has 5 heteroatoms. The predicted molar refractivity (Wildman–Crippen MR) is 92.2 cm³/mol. The molecule has 0 aliphatic carbocycles. The number of anilines is 1. The van der Waals surface area contributed by atoms with Gasteiger partial charge >= 0.3 is 0 Å². The van der Waals surface area contributed by atoms with Crippen molar-refractivity contribution in [2.24, 2.45) is 0 Å². The zero-order chi connectivity index (χ0) is 15.4. The van der Waals surface area contributed by atoms with Crippen LogP contribution in [0.5, 0.6) is 0 Å². The first-order chi connectivity index (χ1) is 9.95. The summed E-state index contributed by atoms with van der Waals surface area (Å²) in [5.41, 5.74) is 0.801. The molecule has 0 aliphatic heterocycles. The monoisotopic (exact) mass is 398 g/mol. The van der Waals surface area contributed by atoms with Gasteiger partial charge in [-0.25, -0.2) is 0 Å². The van der Waals surface area contributed by atoms with Crippen molar-refractivity contribution in [2.45, 2.75) is 32.9 Å². The van der Waals surface area contributed by atoms with Gasteiger partial charge in [-0.3, -0.25) is 10.1 Å². The standard InChI is InChI=1S/C16H19IN2O2/c1-10-4-9-15(21-10)11(2)18-12(3)16(20)19-14-7-5-13(17)6-8-14/h4-9,11-12,18H,1-3H3,(H,19,20). The molecule has 1 amide bonds. The van der Waals surface area contributed by atoms with E-state index in [0.29, 0.717) is 0 Å². The summed E-state index contributed by atoms with van der Waals surface area (Å²) >= 11 is 2.23. The molecule has 4 nitrogen and oxygen atoms in total. The number of halogens is 1. The topological polar surface area (TPSA) is 54.3 Å². The maximum Gasteiger partial charge on any atom is 0.241 e. The van der Waals surface area contributed by atoms with E-state index < -0.39 is 0 Å². The molecule has 2 atom stereocenters. The lowest BCUT2D eigenvalue weighted by Gasteiger charge is -2.18. The molecule has 2 aromatic rings. The van der Waals surface area contributed by atoms with Gasteiger partial charge in [0.25, 0.3) is 0 Å². The molecule has 21 heavy (non-hydrogen) atoms. The highest BCUT2D eigenvalue weighted by Crippen LogP contribution is 2.16. The predicted octanol–water partition coefficient (Wildman–Crippen LogP) is 3.87. The van der Waals surface area contributed by atoms with Crippen molar-refractivity contribution in [1.29, 1.82) is 0 Å². The van der Waals surface area contributed by atoms with Crippen molar-refractivity contribution in [2.75, 3.05) is 5.32 Å². The minimum atomic E-state index is -0.315. The summed E-state index contributed by atoms with van der Waals surface area (Å²) in [7, 11) is 0. The third kappa shape index (κ3) is 4.57. The van der Waals surface area contributed by atoms with Crippen LogP contribution < -0.4 is 10.6 Å². The van der Waals surface area contributed by atoms with Crippen LogP contribution >= 0.6 is 22.6 Å². The van der Waals surface area contributed by atoms with Crippen molar-refractivity contribution in [3.63, 3.8) is 0 Å². The van der Waals surface area contributed by atoms with Gasteiger partial charge in [0.15, 0.2) is 0 Å². The molecule has 1 aromatic carbocycles. The van der Waals surface area contributed by atoms with Crippen LogP contribution in [-0.4, -0.2) is 11.9 Å². The lowest BCUT2D eigenvalue weighted by molar-refractivity contribution is -0.118. The Hall–Kier alpha value is -1.34. The van der Waals surface area contributed by atoms with E-state index in [1.807, 2.05) is 57.2 Å². The Morgan fingerprint density at radius 2 is 1.81 bits per heavy atom. The lowest BCUT2D eigenvalue weighted by atomic mass is 10.2. The van der Waals surface area contributed by atoms with Gasteiger partial charge in [0.2, 0.25) is 5.91 Å². The second-order valence-corrected chi connectivity index (χ2v) is 6.30. The van der Waals surface area contributed by atoms with Crippen LogP contribution in [0.4, 0.5) is 5.69 Å². The molecule has 0 bridgehead atoms. The van der Waals surface area contributed by atoms with Gasteiger partial charge in [0, 0.05) is 9.26 Å². The highest BCUT2D eigenvalue weighted by molar-refractivity contribution is 14.1.